The van der Waals surface area contributed by atoms with Crippen molar-refractivity contribution < 1.29 is 18.9 Å². The van der Waals surface area contributed by atoms with Gasteiger partial charge in [0.15, 0.2) is 0 Å². The number of amides is 1. The van der Waals surface area contributed by atoms with E-state index < -0.39 is 0 Å². The molecule has 2 aromatic heterocycles. The number of para-hydroxylation sites is 2. The molecule has 0 radical (unpaired) electrons. The van der Waals surface area contributed by atoms with Crippen molar-refractivity contribution in [2.45, 2.75) is 20.0 Å². The summed E-state index contributed by atoms with van der Waals surface area (Å²) in [5, 5.41) is 8.74. The molecule has 1 aliphatic heterocycles. The lowest BCUT2D eigenvalue weighted by molar-refractivity contribution is 0.0732. The molecule has 34 heavy (non-hydrogen) atoms. The van der Waals surface area contributed by atoms with Gasteiger partial charge in [0.25, 0.3) is 5.91 Å². The molecule has 0 aliphatic carbocycles. The van der Waals surface area contributed by atoms with E-state index >= 15 is 0 Å². The highest BCUT2D eigenvalue weighted by atomic mass is 16.6. The fourth-order valence-corrected chi connectivity index (χ4v) is 4.30. The van der Waals surface area contributed by atoms with E-state index in [-0.39, 0.29) is 18.4 Å². The first-order valence-corrected chi connectivity index (χ1v) is 11.4. The SMILES string of the molecule is Cc1nonc1COc1ccccc1C(=O)N1CCOCC(Cc2cccc3cccnc23)C1. The molecule has 8 nitrogen and oxygen atoms in total. The number of hydrogen-bond donors (Lipinski definition) is 0. The maximum Gasteiger partial charge on any atom is 0.257 e. The van der Waals surface area contributed by atoms with Gasteiger partial charge in [0.2, 0.25) is 0 Å². The van der Waals surface area contributed by atoms with Gasteiger partial charge >= 0.3 is 0 Å². The van der Waals surface area contributed by atoms with Crippen LogP contribution >= 0.6 is 0 Å². The first kappa shape index (κ1) is 22.0. The molecule has 2 aromatic carbocycles. The first-order chi connectivity index (χ1) is 16.7. The highest BCUT2D eigenvalue weighted by Crippen LogP contribution is 2.25. The second-order valence-electron chi connectivity index (χ2n) is 8.47. The monoisotopic (exact) mass is 458 g/mol. The van der Waals surface area contributed by atoms with Gasteiger partial charge in [0.1, 0.15) is 23.7 Å². The van der Waals surface area contributed by atoms with Crippen LogP contribution in [0.3, 0.4) is 0 Å². The van der Waals surface area contributed by atoms with E-state index in [4.69, 9.17) is 14.1 Å². The van der Waals surface area contributed by atoms with E-state index in [1.54, 1.807) is 19.1 Å². The Balaban J connectivity index is 1.32. The van der Waals surface area contributed by atoms with Crippen LogP contribution in [-0.2, 0) is 17.8 Å². The molecule has 4 aromatic rings. The standard InChI is InChI=1S/C26H26N4O4/c1-18-23(29-34-28-18)17-33-24-10-3-2-9-22(24)26(31)30-12-13-32-16-19(15-30)14-21-7-4-6-20-8-5-11-27-25(20)21/h2-11,19H,12-17H2,1H3. The van der Waals surface area contributed by atoms with Gasteiger partial charge in [-0.25, -0.2) is 4.63 Å². The third-order valence-electron chi connectivity index (χ3n) is 6.08. The number of carbonyl (C=O) groups excluding carboxylic acids is 1. The van der Waals surface area contributed by atoms with Gasteiger partial charge in [-0.2, -0.15) is 0 Å². The Hall–Kier alpha value is -3.78. The quantitative estimate of drug-likeness (QED) is 0.434. The minimum absolute atomic E-state index is 0.0721. The Bertz CT molecular complexity index is 1280. The highest BCUT2D eigenvalue weighted by molar-refractivity contribution is 5.97. The van der Waals surface area contributed by atoms with Crippen LogP contribution in [0.2, 0.25) is 0 Å². The summed E-state index contributed by atoms with van der Waals surface area (Å²) >= 11 is 0. The number of fused-ring (bicyclic) bond motifs is 1. The minimum atomic E-state index is -0.0721. The number of aromatic nitrogens is 3. The van der Waals surface area contributed by atoms with Crippen molar-refractivity contribution >= 4 is 16.8 Å². The van der Waals surface area contributed by atoms with Crippen LogP contribution in [0.25, 0.3) is 10.9 Å². The summed E-state index contributed by atoms with van der Waals surface area (Å²) in [6, 6.07) is 17.5. The average molecular weight is 459 g/mol. The molecule has 1 fully saturated rings. The summed E-state index contributed by atoms with van der Waals surface area (Å²) in [4.78, 5) is 20.0. The van der Waals surface area contributed by atoms with Crippen LogP contribution in [0.1, 0.15) is 27.3 Å². The molecule has 174 valence electrons. The molecular formula is C26H26N4O4. The van der Waals surface area contributed by atoms with Crippen LogP contribution in [0, 0.1) is 12.8 Å². The van der Waals surface area contributed by atoms with E-state index in [1.807, 2.05) is 29.3 Å². The molecule has 5 rings (SSSR count). The van der Waals surface area contributed by atoms with Crippen molar-refractivity contribution in [3.8, 4) is 5.75 Å². The molecule has 0 bridgehead atoms. The lowest BCUT2D eigenvalue weighted by Crippen LogP contribution is -2.36. The van der Waals surface area contributed by atoms with Gasteiger partial charge in [0.05, 0.1) is 24.3 Å². The summed E-state index contributed by atoms with van der Waals surface area (Å²) in [6.45, 7) is 4.22. The van der Waals surface area contributed by atoms with Crippen molar-refractivity contribution in [1.29, 1.82) is 0 Å². The molecule has 3 heterocycles. The zero-order chi connectivity index (χ0) is 23.3. The number of pyridine rings is 1. The molecule has 1 amide bonds. The fraction of sp³-hybridized carbons (Fsp3) is 0.308. The molecule has 1 aliphatic rings. The number of nitrogens with zero attached hydrogens (tertiary/aromatic N) is 4. The van der Waals surface area contributed by atoms with Crippen LogP contribution in [-0.4, -0.2) is 52.4 Å². The predicted molar refractivity (Wildman–Crippen MR) is 125 cm³/mol. The molecule has 0 spiro atoms. The number of carbonyl (C=O) groups is 1. The number of hydrogen-bond acceptors (Lipinski definition) is 7. The van der Waals surface area contributed by atoms with Crippen molar-refractivity contribution in [3.05, 3.63) is 83.3 Å². The number of ether oxygens (including phenoxy) is 2. The Morgan fingerprint density at radius 2 is 2.00 bits per heavy atom. The van der Waals surface area contributed by atoms with Gasteiger partial charge < -0.3 is 14.4 Å². The van der Waals surface area contributed by atoms with Gasteiger partial charge in [-0.15, -0.1) is 0 Å². The van der Waals surface area contributed by atoms with Crippen molar-refractivity contribution in [1.82, 2.24) is 20.2 Å². The average Bonchev–Trinajstić information content (AvgIpc) is 3.14. The Kier molecular flexibility index (Phi) is 6.49. The summed E-state index contributed by atoms with van der Waals surface area (Å²) in [6.07, 6.45) is 2.60. The van der Waals surface area contributed by atoms with Crippen LogP contribution in [0.15, 0.2) is 65.4 Å². The zero-order valence-electron chi connectivity index (χ0n) is 19.0. The van der Waals surface area contributed by atoms with E-state index in [0.29, 0.717) is 49.0 Å². The predicted octanol–water partition coefficient (Wildman–Crippen LogP) is 3.84. The molecular weight excluding hydrogens is 432 g/mol. The fourth-order valence-electron chi connectivity index (χ4n) is 4.30. The second kappa shape index (κ2) is 10.0. The van der Waals surface area contributed by atoms with Crippen LogP contribution in [0.5, 0.6) is 5.75 Å². The molecule has 0 saturated carbocycles. The van der Waals surface area contributed by atoms with Crippen molar-refractivity contribution in [2.75, 3.05) is 26.3 Å². The Morgan fingerprint density at radius 1 is 1.12 bits per heavy atom. The van der Waals surface area contributed by atoms with E-state index in [9.17, 15) is 4.79 Å². The third-order valence-corrected chi connectivity index (χ3v) is 6.08. The first-order valence-electron chi connectivity index (χ1n) is 11.4. The van der Waals surface area contributed by atoms with Crippen molar-refractivity contribution in [3.63, 3.8) is 0 Å². The van der Waals surface area contributed by atoms with Crippen molar-refractivity contribution in [2.24, 2.45) is 5.92 Å². The van der Waals surface area contributed by atoms with Crippen LogP contribution in [0.4, 0.5) is 0 Å². The summed E-state index contributed by atoms with van der Waals surface area (Å²) in [5.74, 6) is 0.600. The van der Waals surface area contributed by atoms with Gasteiger partial charge in [-0.1, -0.05) is 46.7 Å². The Labute approximate surface area is 197 Å². The lowest BCUT2D eigenvalue weighted by atomic mass is 9.97. The number of rotatable bonds is 6. The molecule has 1 saturated heterocycles. The molecule has 8 heteroatoms. The zero-order valence-corrected chi connectivity index (χ0v) is 19.0. The Morgan fingerprint density at radius 3 is 2.88 bits per heavy atom. The summed E-state index contributed by atoms with van der Waals surface area (Å²) in [5.41, 5.74) is 3.96. The largest absolute Gasteiger partial charge is 0.486 e. The van der Waals surface area contributed by atoms with Gasteiger partial charge in [-0.05, 0) is 37.1 Å². The summed E-state index contributed by atoms with van der Waals surface area (Å²) in [7, 11) is 0. The maximum atomic E-state index is 13.5. The topological polar surface area (TPSA) is 90.6 Å². The van der Waals surface area contributed by atoms with Crippen LogP contribution < -0.4 is 4.74 Å². The van der Waals surface area contributed by atoms with E-state index in [2.05, 4.69) is 39.6 Å². The molecule has 1 atom stereocenters. The second-order valence-corrected chi connectivity index (χ2v) is 8.47. The maximum absolute atomic E-state index is 13.5. The normalized spacial score (nSPS) is 16.4. The minimum Gasteiger partial charge on any atom is -0.486 e. The molecule has 1 unspecified atom stereocenters. The lowest BCUT2D eigenvalue weighted by Gasteiger charge is -2.25. The molecule has 0 N–H and O–H groups in total. The van der Waals surface area contributed by atoms with Gasteiger partial charge in [-0.3, -0.25) is 9.78 Å². The smallest absolute Gasteiger partial charge is 0.257 e. The van der Waals surface area contributed by atoms with E-state index in [1.165, 1.54) is 5.56 Å². The van der Waals surface area contributed by atoms with E-state index in [0.717, 1.165) is 17.3 Å². The number of aryl methyl sites for hydroxylation is 1. The summed E-state index contributed by atoms with van der Waals surface area (Å²) < 4.78 is 16.5. The van der Waals surface area contributed by atoms with Gasteiger partial charge in [0, 0.05) is 30.6 Å². The third kappa shape index (κ3) is 4.77. The highest BCUT2D eigenvalue weighted by Gasteiger charge is 2.26. The number of benzene rings is 2.